The topological polar surface area (TPSA) is 79.3 Å². The van der Waals surface area contributed by atoms with Gasteiger partial charge in [-0.1, -0.05) is 25.0 Å². The molecule has 0 atom stereocenters. The highest BCUT2D eigenvalue weighted by molar-refractivity contribution is 6.02. The van der Waals surface area contributed by atoms with Gasteiger partial charge in [0.15, 0.2) is 0 Å². The first-order chi connectivity index (χ1) is 11.1. The quantitative estimate of drug-likeness (QED) is 0.884. The van der Waals surface area contributed by atoms with Gasteiger partial charge in [-0.3, -0.25) is 14.6 Å². The molecule has 0 bridgehead atoms. The lowest BCUT2D eigenvalue weighted by molar-refractivity contribution is -0.140. The number of nitrogens with zero attached hydrogens (tertiary/aromatic N) is 1. The molecule has 0 saturated heterocycles. The Morgan fingerprint density at radius 2 is 1.96 bits per heavy atom. The van der Waals surface area contributed by atoms with Crippen LogP contribution in [0.1, 0.15) is 38.5 Å². The Bertz CT molecular complexity index is 731. The van der Waals surface area contributed by atoms with Crippen LogP contribution in [0.25, 0.3) is 10.8 Å². The summed E-state index contributed by atoms with van der Waals surface area (Å²) in [6.07, 6.45) is 7.41. The van der Waals surface area contributed by atoms with Gasteiger partial charge in [-0.25, -0.2) is 0 Å². The molecule has 3 rings (SSSR count). The zero-order valence-corrected chi connectivity index (χ0v) is 12.9. The number of aliphatic carboxylic acids is 1. The molecule has 1 heterocycles. The van der Waals surface area contributed by atoms with E-state index in [0.717, 1.165) is 42.1 Å². The molecule has 0 spiro atoms. The Labute approximate surface area is 134 Å². The van der Waals surface area contributed by atoms with Crippen LogP contribution in [0, 0.1) is 5.41 Å². The van der Waals surface area contributed by atoms with E-state index >= 15 is 0 Å². The van der Waals surface area contributed by atoms with Crippen LogP contribution in [0.5, 0.6) is 0 Å². The number of carboxylic acids is 1. The van der Waals surface area contributed by atoms with E-state index in [2.05, 4.69) is 10.3 Å². The lowest BCUT2D eigenvalue weighted by atomic mass is 9.79. The summed E-state index contributed by atoms with van der Waals surface area (Å²) in [5.41, 5.74) is 0.362. The number of benzene rings is 1. The summed E-state index contributed by atoms with van der Waals surface area (Å²) in [5.74, 6) is -0.937. The third-order valence-corrected chi connectivity index (χ3v) is 4.68. The number of fused-ring (bicyclic) bond motifs is 1. The second kappa shape index (κ2) is 6.36. The predicted molar refractivity (Wildman–Crippen MR) is 88.1 cm³/mol. The van der Waals surface area contributed by atoms with Gasteiger partial charge in [-0.05, 0) is 30.4 Å². The summed E-state index contributed by atoms with van der Waals surface area (Å²) in [7, 11) is 0. The molecule has 23 heavy (non-hydrogen) atoms. The van der Waals surface area contributed by atoms with Crippen LogP contribution in [-0.4, -0.2) is 22.0 Å². The van der Waals surface area contributed by atoms with Gasteiger partial charge < -0.3 is 10.4 Å². The van der Waals surface area contributed by atoms with Gasteiger partial charge in [0.25, 0.3) is 0 Å². The van der Waals surface area contributed by atoms with Gasteiger partial charge in [-0.2, -0.15) is 0 Å². The third-order valence-electron chi connectivity index (χ3n) is 4.68. The number of carboxylic acid groups (broad SMARTS) is 1. The highest BCUT2D eigenvalue weighted by Crippen LogP contribution is 2.44. The van der Waals surface area contributed by atoms with Crippen molar-refractivity contribution >= 4 is 28.3 Å². The molecule has 1 amide bonds. The van der Waals surface area contributed by atoms with Gasteiger partial charge in [0.2, 0.25) is 5.91 Å². The average molecular weight is 312 g/mol. The summed E-state index contributed by atoms with van der Waals surface area (Å²) in [6, 6.07) is 7.55. The summed E-state index contributed by atoms with van der Waals surface area (Å²) in [4.78, 5) is 27.7. The first-order valence-electron chi connectivity index (χ1n) is 7.92. The summed E-state index contributed by atoms with van der Waals surface area (Å²) in [5, 5.41) is 14.0. The van der Waals surface area contributed by atoms with Crippen molar-refractivity contribution in [3.8, 4) is 0 Å². The van der Waals surface area contributed by atoms with Crippen LogP contribution in [0.3, 0.4) is 0 Å². The molecule has 1 aliphatic carbocycles. The van der Waals surface area contributed by atoms with Gasteiger partial charge in [0, 0.05) is 35.3 Å². The SMILES string of the molecule is O=C(O)CC1(CC(=O)Nc2cccc3cnccc23)CCCC1. The molecule has 1 saturated carbocycles. The molecule has 5 heteroatoms. The van der Waals surface area contributed by atoms with E-state index in [1.807, 2.05) is 24.3 Å². The minimum atomic E-state index is -0.823. The number of hydrogen-bond acceptors (Lipinski definition) is 3. The fourth-order valence-corrected chi connectivity index (χ4v) is 3.63. The Hall–Kier alpha value is -2.43. The number of carbonyl (C=O) groups is 2. The third kappa shape index (κ3) is 3.50. The summed E-state index contributed by atoms with van der Waals surface area (Å²) >= 11 is 0. The van der Waals surface area contributed by atoms with Crippen LogP contribution in [0.4, 0.5) is 5.69 Å². The zero-order valence-electron chi connectivity index (χ0n) is 12.9. The largest absolute Gasteiger partial charge is 0.481 e. The molecule has 5 nitrogen and oxygen atoms in total. The Morgan fingerprint density at radius 3 is 2.70 bits per heavy atom. The maximum Gasteiger partial charge on any atom is 0.303 e. The highest BCUT2D eigenvalue weighted by atomic mass is 16.4. The second-order valence-electron chi connectivity index (χ2n) is 6.40. The van der Waals surface area contributed by atoms with Crippen molar-refractivity contribution in [1.82, 2.24) is 4.98 Å². The number of anilines is 1. The van der Waals surface area contributed by atoms with Gasteiger partial charge in [0.1, 0.15) is 0 Å². The molecular weight excluding hydrogens is 292 g/mol. The Morgan fingerprint density at radius 1 is 1.17 bits per heavy atom. The van der Waals surface area contributed by atoms with E-state index in [1.165, 1.54) is 0 Å². The average Bonchev–Trinajstić information content (AvgIpc) is 2.94. The smallest absolute Gasteiger partial charge is 0.303 e. The number of rotatable bonds is 5. The van der Waals surface area contributed by atoms with Crippen molar-refractivity contribution in [2.75, 3.05) is 5.32 Å². The monoisotopic (exact) mass is 312 g/mol. The molecule has 1 aromatic carbocycles. The van der Waals surface area contributed by atoms with Crippen LogP contribution in [0.2, 0.25) is 0 Å². The first-order valence-corrected chi connectivity index (χ1v) is 7.92. The van der Waals surface area contributed by atoms with E-state index in [9.17, 15) is 9.59 Å². The molecular formula is C18H20N2O3. The van der Waals surface area contributed by atoms with E-state index in [-0.39, 0.29) is 24.2 Å². The van der Waals surface area contributed by atoms with Crippen LogP contribution in [0.15, 0.2) is 36.7 Å². The fourth-order valence-electron chi connectivity index (χ4n) is 3.63. The maximum atomic E-state index is 12.5. The number of amides is 1. The number of pyridine rings is 1. The zero-order chi connectivity index (χ0) is 16.3. The van der Waals surface area contributed by atoms with Crippen molar-refractivity contribution in [3.63, 3.8) is 0 Å². The maximum absolute atomic E-state index is 12.5. The highest BCUT2D eigenvalue weighted by Gasteiger charge is 2.38. The van der Waals surface area contributed by atoms with Crippen molar-refractivity contribution in [3.05, 3.63) is 36.7 Å². The molecule has 1 aromatic heterocycles. The second-order valence-corrected chi connectivity index (χ2v) is 6.40. The summed E-state index contributed by atoms with van der Waals surface area (Å²) in [6.45, 7) is 0. The molecule has 2 aromatic rings. The van der Waals surface area contributed by atoms with Crippen molar-refractivity contribution in [1.29, 1.82) is 0 Å². The van der Waals surface area contributed by atoms with Crippen LogP contribution in [-0.2, 0) is 9.59 Å². The molecule has 1 aliphatic rings. The molecule has 120 valence electrons. The van der Waals surface area contributed by atoms with Crippen LogP contribution < -0.4 is 5.32 Å². The number of nitrogens with one attached hydrogen (secondary N) is 1. The molecule has 0 aliphatic heterocycles. The molecule has 0 unspecified atom stereocenters. The van der Waals surface area contributed by atoms with Crippen molar-refractivity contribution in [2.45, 2.75) is 38.5 Å². The summed E-state index contributed by atoms with van der Waals surface area (Å²) < 4.78 is 0. The molecule has 2 N–H and O–H groups in total. The lowest BCUT2D eigenvalue weighted by Crippen LogP contribution is -2.27. The standard InChI is InChI=1S/C18H20N2O3/c21-16(10-18(11-17(22)23)7-1-2-8-18)20-15-5-3-4-13-12-19-9-6-14(13)15/h3-6,9,12H,1-2,7-8,10-11H2,(H,20,21)(H,22,23). The van der Waals surface area contributed by atoms with Crippen molar-refractivity contribution in [2.24, 2.45) is 5.41 Å². The van der Waals surface area contributed by atoms with Crippen molar-refractivity contribution < 1.29 is 14.7 Å². The van der Waals surface area contributed by atoms with Crippen LogP contribution >= 0.6 is 0 Å². The normalized spacial score (nSPS) is 16.3. The number of aromatic nitrogens is 1. The van der Waals surface area contributed by atoms with Gasteiger partial charge in [0.05, 0.1) is 6.42 Å². The minimum absolute atomic E-state index is 0.0693. The van der Waals surface area contributed by atoms with E-state index in [1.54, 1.807) is 12.4 Å². The lowest BCUT2D eigenvalue weighted by Gasteiger charge is -2.26. The van der Waals surface area contributed by atoms with Gasteiger partial charge >= 0.3 is 5.97 Å². The van der Waals surface area contributed by atoms with E-state index in [4.69, 9.17) is 5.11 Å². The number of carbonyl (C=O) groups excluding carboxylic acids is 1. The first kappa shape index (κ1) is 15.5. The number of hydrogen-bond donors (Lipinski definition) is 2. The Kier molecular flexibility index (Phi) is 4.28. The van der Waals surface area contributed by atoms with E-state index in [0.29, 0.717) is 0 Å². The van der Waals surface area contributed by atoms with Gasteiger partial charge in [-0.15, -0.1) is 0 Å². The molecule has 0 radical (unpaired) electrons. The van der Waals surface area contributed by atoms with E-state index < -0.39 is 5.97 Å². The fraction of sp³-hybridized carbons (Fsp3) is 0.389. The minimum Gasteiger partial charge on any atom is -0.481 e. The predicted octanol–water partition coefficient (Wildman–Crippen LogP) is 3.60. The molecule has 1 fully saturated rings. The Balaban J connectivity index is 1.77.